The van der Waals surface area contributed by atoms with Gasteiger partial charge in [0.25, 0.3) is 0 Å². The van der Waals surface area contributed by atoms with E-state index in [1.807, 2.05) is 31.2 Å². The van der Waals surface area contributed by atoms with Gasteiger partial charge in [0.05, 0.1) is 0 Å². The summed E-state index contributed by atoms with van der Waals surface area (Å²) in [5.41, 5.74) is 1.58. The van der Waals surface area contributed by atoms with Gasteiger partial charge in [0.1, 0.15) is 5.75 Å². The van der Waals surface area contributed by atoms with Gasteiger partial charge >= 0.3 is 12.0 Å². The maximum atomic E-state index is 10.4. The van der Waals surface area contributed by atoms with Crippen LogP contribution < -0.4 is 4.74 Å². The highest BCUT2D eigenvalue weighted by molar-refractivity contribution is 5.85. The Labute approximate surface area is 110 Å². The van der Waals surface area contributed by atoms with E-state index in [1.54, 1.807) is 0 Å². The van der Waals surface area contributed by atoms with E-state index in [0.29, 0.717) is 11.3 Å². The van der Waals surface area contributed by atoms with Crippen molar-refractivity contribution < 1.29 is 14.6 Å². The van der Waals surface area contributed by atoms with Crippen LogP contribution in [0.5, 0.6) is 11.8 Å². The molecule has 96 valence electrons. The first-order chi connectivity index (χ1) is 9.15. The molecule has 0 atom stereocenters. The fraction of sp³-hybridized carbons (Fsp3) is 0.0714. The van der Waals surface area contributed by atoms with Gasteiger partial charge < -0.3 is 9.84 Å². The number of nitrogens with zero attached hydrogens (tertiary/aromatic N) is 2. The fourth-order valence-corrected chi connectivity index (χ4v) is 1.40. The normalized spacial score (nSPS) is 10.6. The first-order valence-corrected chi connectivity index (χ1v) is 5.61. The van der Waals surface area contributed by atoms with Crippen molar-refractivity contribution in [2.75, 3.05) is 0 Å². The topological polar surface area (TPSA) is 72.3 Å². The third kappa shape index (κ3) is 3.64. The largest absolute Gasteiger partial charge is 0.478 e. The van der Waals surface area contributed by atoms with Crippen molar-refractivity contribution in [3.8, 4) is 11.8 Å². The quantitative estimate of drug-likeness (QED) is 0.851. The predicted octanol–water partition coefficient (Wildman–Crippen LogP) is 2.68. The lowest BCUT2D eigenvalue weighted by molar-refractivity contribution is -0.131. The maximum Gasteiger partial charge on any atom is 0.328 e. The average Bonchev–Trinajstić information content (AvgIpc) is 2.40. The molecule has 0 bridgehead atoms. The molecule has 0 radical (unpaired) electrons. The Hall–Kier alpha value is -2.69. The van der Waals surface area contributed by atoms with E-state index in [4.69, 9.17) is 9.84 Å². The third-order valence-corrected chi connectivity index (χ3v) is 2.36. The number of carbonyl (C=O) groups is 1. The molecule has 0 spiro atoms. The molecule has 0 aliphatic heterocycles. The highest BCUT2D eigenvalue weighted by atomic mass is 16.5. The molecule has 5 heteroatoms. The molecular weight excluding hydrogens is 244 g/mol. The molecule has 5 nitrogen and oxygen atoms in total. The number of ether oxygens (including phenoxy) is 1. The number of para-hydroxylation sites is 1. The molecule has 0 aliphatic carbocycles. The van der Waals surface area contributed by atoms with Crippen LogP contribution in [0.15, 0.2) is 42.7 Å². The van der Waals surface area contributed by atoms with Crippen molar-refractivity contribution in [2.45, 2.75) is 6.92 Å². The minimum atomic E-state index is -1.01. The van der Waals surface area contributed by atoms with E-state index in [-0.39, 0.29) is 6.01 Å². The molecule has 19 heavy (non-hydrogen) atoms. The van der Waals surface area contributed by atoms with Gasteiger partial charge in [-0.15, -0.1) is 0 Å². The van der Waals surface area contributed by atoms with E-state index in [2.05, 4.69) is 9.97 Å². The van der Waals surface area contributed by atoms with Crippen LogP contribution in [0, 0.1) is 6.92 Å². The zero-order valence-electron chi connectivity index (χ0n) is 10.3. The van der Waals surface area contributed by atoms with Gasteiger partial charge in [-0.05, 0) is 24.6 Å². The lowest BCUT2D eigenvalue weighted by atomic mass is 10.2. The Balaban J connectivity index is 2.11. The summed E-state index contributed by atoms with van der Waals surface area (Å²) in [6.45, 7) is 1.93. The molecule has 0 amide bonds. The molecule has 2 rings (SSSR count). The van der Waals surface area contributed by atoms with Gasteiger partial charge in [0.15, 0.2) is 0 Å². The number of hydrogen-bond donors (Lipinski definition) is 1. The molecule has 2 aromatic rings. The Morgan fingerprint density at radius 1 is 1.26 bits per heavy atom. The Morgan fingerprint density at radius 3 is 2.58 bits per heavy atom. The zero-order valence-corrected chi connectivity index (χ0v) is 10.3. The summed E-state index contributed by atoms with van der Waals surface area (Å²) >= 11 is 0. The predicted molar refractivity (Wildman–Crippen MR) is 70.0 cm³/mol. The van der Waals surface area contributed by atoms with Gasteiger partial charge in [0.2, 0.25) is 0 Å². The number of carboxylic acids is 1. The number of aromatic nitrogens is 2. The Bertz CT molecular complexity index is 606. The standard InChI is InChI=1S/C14H12N2O3/c1-10-4-2-3-5-12(10)19-14-15-8-11(9-16-14)6-7-13(17)18/h2-9H,1H3,(H,17,18)/b7-6+. The molecule has 0 unspecified atom stereocenters. The van der Waals surface area contributed by atoms with Crippen molar-refractivity contribution in [1.29, 1.82) is 0 Å². The molecule has 1 aromatic heterocycles. The van der Waals surface area contributed by atoms with Crippen LogP contribution in [0.3, 0.4) is 0 Å². The maximum absolute atomic E-state index is 10.4. The van der Waals surface area contributed by atoms with Crippen LogP contribution in [0.25, 0.3) is 6.08 Å². The number of benzene rings is 1. The Kier molecular flexibility index (Phi) is 3.87. The molecular formula is C14H12N2O3. The van der Waals surface area contributed by atoms with Crippen LogP contribution in [0.1, 0.15) is 11.1 Å². The van der Waals surface area contributed by atoms with Crippen LogP contribution in [0.2, 0.25) is 0 Å². The van der Waals surface area contributed by atoms with Crippen molar-refractivity contribution >= 4 is 12.0 Å². The van der Waals surface area contributed by atoms with Crippen LogP contribution in [-0.2, 0) is 4.79 Å². The van der Waals surface area contributed by atoms with Crippen LogP contribution in [0.4, 0.5) is 0 Å². The van der Waals surface area contributed by atoms with Crippen molar-refractivity contribution in [1.82, 2.24) is 9.97 Å². The minimum Gasteiger partial charge on any atom is -0.478 e. The van der Waals surface area contributed by atoms with Crippen molar-refractivity contribution in [2.24, 2.45) is 0 Å². The molecule has 0 fully saturated rings. The van der Waals surface area contributed by atoms with Crippen LogP contribution in [-0.4, -0.2) is 21.0 Å². The number of carboxylic acid groups (broad SMARTS) is 1. The van der Waals surface area contributed by atoms with Gasteiger partial charge in [-0.25, -0.2) is 14.8 Å². The van der Waals surface area contributed by atoms with Crippen molar-refractivity contribution in [3.63, 3.8) is 0 Å². The number of rotatable bonds is 4. The van der Waals surface area contributed by atoms with Gasteiger partial charge in [-0.3, -0.25) is 0 Å². The Morgan fingerprint density at radius 2 is 1.95 bits per heavy atom. The second-order valence-corrected chi connectivity index (χ2v) is 3.84. The summed E-state index contributed by atoms with van der Waals surface area (Å²) in [7, 11) is 0. The summed E-state index contributed by atoms with van der Waals surface area (Å²) in [6, 6.07) is 7.77. The van der Waals surface area contributed by atoms with E-state index in [0.717, 1.165) is 11.6 Å². The number of aliphatic carboxylic acids is 1. The second kappa shape index (κ2) is 5.77. The molecule has 1 heterocycles. The summed E-state index contributed by atoms with van der Waals surface area (Å²) in [5.74, 6) is -0.323. The highest BCUT2D eigenvalue weighted by Crippen LogP contribution is 2.21. The molecule has 1 aromatic carbocycles. The first-order valence-electron chi connectivity index (χ1n) is 5.61. The number of aryl methyl sites for hydroxylation is 1. The lowest BCUT2D eigenvalue weighted by Crippen LogP contribution is -1.93. The first kappa shape index (κ1) is 12.8. The minimum absolute atomic E-state index is 0.224. The summed E-state index contributed by atoms with van der Waals surface area (Å²) in [6.07, 6.45) is 5.44. The summed E-state index contributed by atoms with van der Waals surface area (Å²) in [5, 5.41) is 8.50. The molecule has 0 saturated heterocycles. The van der Waals surface area contributed by atoms with E-state index < -0.39 is 5.97 Å². The third-order valence-electron chi connectivity index (χ3n) is 2.36. The molecule has 1 N–H and O–H groups in total. The van der Waals surface area contributed by atoms with Gasteiger partial charge in [-0.1, -0.05) is 18.2 Å². The zero-order chi connectivity index (χ0) is 13.7. The number of hydrogen-bond acceptors (Lipinski definition) is 4. The average molecular weight is 256 g/mol. The highest BCUT2D eigenvalue weighted by Gasteiger charge is 2.02. The van der Waals surface area contributed by atoms with Crippen molar-refractivity contribution in [3.05, 3.63) is 53.9 Å². The van der Waals surface area contributed by atoms with Gasteiger partial charge in [0, 0.05) is 24.0 Å². The van der Waals surface area contributed by atoms with E-state index >= 15 is 0 Å². The SMILES string of the molecule is Cc1ccccc1Oc1ncc(/C=C/C(=O)O)cn1. The molecule has 0 aliphatic rings. The summed E-state index contributed by atoms with van der Waals surface area (Å²) < 4.78 is 5.53. The van der Waals surface area contributed by atoms with E-state index in [9.17, 15) is 4.79 Å². The second-order valence-electron chi connectivity index (χ2n) is 3.84. The smallest absolute Gasteiger partial charge is 0.328 e. The fourth-order valence-electron chi connectivity index (χ4n) is 1.40. The lowest BCUT2D eigenvalue weighted by Gasteiger charge is -2.05. The monoisotopic (exact) mass is 256 g/mol. The molecule has 0 saturated carbocycles. The van der Waals surface area contributed by atoms with E-state index in [1.165, 1.54) is 18.5 Å². The van der Waals surface area contributed by atoms with Crippen LogP contribution >= 0.6 is 0 Å². The van der Waals surface area contributed by atoms with Gasteiger partial charge in [-0.2, -0.15) is 0 Å². The summed E-state index contributed by atoms with van der Waals surface area (Å²) in [4.78, 5) is 18.4.